The van der Waals surface area contributed by atoms with Crippen LogP contribution in [0.3, 0.4) is 0 Å². The second-order valence-electron chi connectivity index (χ2n) is 6.32. The summed E-state index contributed by atoms with van der Waals surface area (Å²) in [5, 5.41) is 12.3. The third-order valence-electron chi connectivity index (χ3n) is 4.31. The first-order valence-corrected chi connectivity index (χ1v) is 8.96. The van der Waals surface area contributed by atoms with Crippen LogP contribution in [0.4, 0.5) is 0 Å². The molecule has 0 aliphatic carbocycles. The number of nitrogens with one attached hydrogen (secondary N) is 1. The van der Waals surface area contributed by atoms with Gasteiger partial charge in [0.15, 0.2) is 0 Å². The fraction of sp³-hybridized carbons (Fsp3) is 0.526. The van der Waals surface area contributed by atoms with Crippen molar-refractivity contribution in [3.8, 4) is 0 Å². The number of nitrogens with zero attached hydrogens (tertiary/aromatic N) is 1. The van der Waals surface area contributed by atoms with Crippen LogP contribution >= 0.6 is 0 Å². The van der Waals surface area contributed by atoms with Crippen LogP contribution < -0.4 is 5.32 Å². The van der Waals surface area contributed by atoms with E-state index in [1.807, 2.05) is 30.3 Å². The fourth-order valence-corrected chi connectivity index (χ4v) is 3.01. The number of aryl methyl sites for hydroxylation is 1. The lowest BCUT2D eigenvalue weighted by Crippen LogP contribution is -2.46. The molecule has 1 heterocycles. The van der Waals surface area contributed by atoms with E-state index in [0.29, 0.717) is 12.8 Å². The van der Waals surface area contributed by atoms with Crippen molar-refractivity contribution in [1.82, 2.24) is 10.2 Å². The van der Waals surface area contributed by atoms with Crippen LogP contribution in [-0.2, 0) is 25.5 Å². The lowest BCUT2D eigenvalue weighted by molar-refractivity contribution is -0.152. The van der Waals surface area contributed by atoms with E-state index < -0.39 is 24.0 Å². The highest BCUT2D eigenvalue weighted by atomic mass is 16.5. The van der Waals surface area contributed by atoms with E-state index >= 15 is 0 Å². The van der Waals surface area contributed by atoms with Crippen molar-refractivity contribution in [2.45, 2.75) is 44.8 Å². The molecule has 0 unspecified atom stereocenters. The van der Waals surface area contributed by atoms with E-state index in [0.717, 1.165) is 6.42 Å². The number of rotatable bonds is 8. The highest BCUT2D eigenvalue weighted by molar-refractivity contribution is 5.89. The van der Waals surface area contributed by atoms with Crippen LogP contribution in [0.5, 0.6) is 0 Å². The molecule has 1 fully saturated rings. The van der Waals surface area contributed by atoms with Gasteiger partial charge < -0.3 is 20.1 Å². The summed E-state index contributed by atoms with van der Waals surface area (Å²) >= 11 is 0. The van der Waals surface area contributed by atoms with Crippen molar-refractivity contribution in [3.05, 3.63) is 35.9 Å². The summed E-state index contributed by atoms with van der Waals surface area (Å²) < 4.78 is 4.94. The Labute approximate surface area is 153 Å². The number of ether oxygens (including phenoxy) is 1. The normalized spacial score (nSPS) is 19.2. The molecule has 142 valence electrons. The van der Waals surface area contributed by atoms with Gasteiger partial charge in [-0.05, 0) is 25.3 Å². The Balaban J connectivity index is 1.74. The molecule has 1 aromatic carbocycles. The number of aliphatic hydroxyl groups is 1. The third-order valence-corrected chi connectivity index (χ3v) is 4.31. The first-order valence-electron chi connectivity index (χ1n) is 8.96. The number of hydrogen-bond acceptors (Lipinski definition) is 5. The Morgan fingerprint density at radius 3 is 2.69 bits per heavy atom. The zero-order chi connectivity index (χ0) is 18.9. The highest BCUT2D eigenvalue weighted by Crippen LogP contribution is 2.19. The molecule has 0 aromatic heterocycles. The maximum atomic E-state index is 12.3. The van der Waals surface area contributed by atoms with Gasteiger partial charge in [-0.1, -0.05) is 30.3 Å². The molecule has 1 saturated heterocycles. The highest BCUT2D eigenvalue weighted by Gasteiger charge is 2.39. The molecule has 2 N–H and O–H groups in total. The summed E-state index contributed by atoms with van der Waals surface area (Å²) in [4.78, 5) is 37.4. The van der Waals surface area contributed by atoms with Crippen molar-refractivity contribution in [1.29, 1.82) is 0 Å². The minimum absolute atomic E-state index is 0.0756. The van der Waals surface area contributed by atoms with Crippen molar-refractivity contribution < 1.29 is 24.2 Å². The molecule has 1 aromatic rings. The molecule has 2 rings (SSSR count). The van der Waals surface area contributed by atoms with Crippen LogP contribution in [0, 0.1) is 0 Å². The maximum Gasteiger partial charge on any atom is 0.328 e. The van der Waals surface area contributed by atoms with Crippen molar-refractivity contribution in [2.75, 3.05) is 19.7 Å². The molecule has 7 nitrogen and oxygen atoms in total. The lowest BCUT2D eigenvalue weighted by Gasteiger charge is -2.22. The summed E-state index contributed by atoms with van der Waals surface area (Å²) in [6.45, 7) is 1.79. The summed E-state index contributed by atoms with van der Waals surface area (Å²) in [7, 11) is 0. The molecule has 7 heteroatoms. The van der Waals surface area contributed by atoms with Crippen molar-refractivity contribution in [3.63, 3.8) is 0 Å². The summed E-state index contributed by atoms with van der Waals surface area (Å²) in [5.41, 5.74) is 1.17. The average Bonchev–Trinajstić information content (AvgIpc) is 3.03. The number of carbonyl (C=O) groups is 3. The predicted molar refractivity (Wildman–Crippen MR) is 95.1 cm³/mol. The van der Waals surface area contributed by atoms with E-state index in [9.17, 15) is 19.5 Å². The van der Waals surface area contributed by atoms with E-state index in [1.165, 1.54) is 10.5 Å². The number of hydrogen-bond donors (Lipinski definition) is 2. The van der Waals surface area contributed by atoms with Crippen LogP contribution in [0.1, 0.15) is 31.7 Å². The van der Waals surface area contributed by atoms with Gasteiger partial charge in [0, 0.05) is 19.4 Å². The molecule has 2 amide bonds. The van der Waals surface area contributed by atoms with Gasteiger partial charge in [0.25, 0.3) is 0 Å². The topological polar surface area (TPSA) is 95.9 Å². The van der Waals surface area contributed by atoms with E-state index in [-0.39, 0.29) is 32.0 Å². The molecule has 2 atom stereocenters. The number of β-amino-alcohol motifs (C(OH)–C–C–N with tert-alkyl or cyclic N) is 1. The first-order chi connectivity index (χ1) is 12.5. The molecule has 0 radical (unpaired) electrons. The zero-order valence-electron chi connectivity index (χ0n) is 15.0. The van der Waals surface area contributed by atoms with Gasteiger partial charge in [-0.2, -0.15) is 0 Å². The average molecular weight is 362 g/mol. The minimum Gasteiger partial charge on any atom is -0.464 e. The summed E-state index contributed by atoms with van der Waals surface area (Å²) in [6.07, 6.45) is 1.22. The van der Waals surface area contributed by atoms with Crippen LogP contribution in [0.2, 0.25) is 0 Å². The lowest BCUT2D eigenvalue weighted by atomic mass is 10.1. The van der Waals surface area contributed by atoms with Crippen LogP contribution in [0.25, 0.3) is 0 Å². The van der Waals surface area contributed by atoms with Gasteiger partial charge in [-0.15, -0.1) is 0 Å². The van der Waals surface area contributed by atoms with Gasteiger partial charge in [0.1, 0.15) is 6.04 Å². The van der Waals surface area contributed by atoms with Gasteiger partial charge in [0.2, 0.25) is 11.8 Å². The minimum atomic E-state index is -0.785. The quantitative estimate of drug-likeness (QED) is 0.662. The molecule has 0 spiro atoms. The monoisotopic (exact) mass is 362 g/mol. The largest absolute Gasteiger partial charge is 0.464 e. The molecular weight excluding hydrogens is 336 g/mol. The Morgan fingerprint density at radius 1 is 1.27 bits per heavy atom. The molecule has 1 aliphatic rings. The first kappa shape index (κ1) is 19.9. The summed E-state index contributed by atoms with van der Waals surface area (Å²) in [6, 6.07) is 9.09. The molecule has 0 bridgehead atoms. The number of amides is 2. The number of esters is 1. The molecule has 1 aliphatic heterocycles. The Hall–Kier alpha value is -2.41. The second-order valence-corrected chi connectivity index (χ2v) is 6.32. The number of carbonyl (C=O) groups excluding carboxylic acids is 3. The second kappa shape index (κ2) is 9.91. The molecule has 0 saturated carbocycles. The third kappa shape index (κ3) is 5.84. The number of likely N-dealkylation sites (tertiary alicyclic amines) is 1. The number of benzene rings is 1. The van der Waals surface area contributed by atoms with Gasteiger partial charge >= 0.3 is 5.97 Å². The fourth-order valence-electron chi connectivity index (χ4n) is 3.01. The summed E-state index contributed by atoms with van der Waals surface area (Å²) in [5.74, 6) is -1.12. The van der Waals surface area contributed by atoms with Gasteiger partial charge in [-0.25, -0.2) is 4.79 Å². The maximum absolute atomic E-state index is 12.3. The van der Waals surface area contributed by atoms with E-state index in [2.05, 4.69) is 5.32 Å². The standard InChI is InChI=1S/C19H26N2O5/c1-2-26-19(25)16-11-15(22)13-21(16)18(24)12-20-17(23)10-6-9-14-7-4-3-5-8-14/h3-5,7-8,15-16,22H,2,6,9-13H2,1H3,(H,20,23)/t15-,16+/m1/s1. The SMILES string of the molecule is CCOC(=O)[C@@H]1C[C@@H](O)CN1C(=O)CNC(=O)CCCc1ccccc1. The van der Waals surface area contributed by atoms with Crippen molar-refractivity contribution >= 4 is 17.8 Å². The number of aliphatic hydroxyl groups excluding tert-OH is 1. The predicted octanol–water partition coefficient (Wildman–Crippen LogP) is 0.650. The smallest absolute Gasteiger partial charge is 0.328 e. The zero-order valence-corrected chi connectivity index (χ0v) is 15.0. The van der Waals surface area contributed by atoms with Crippen molar-refractivity contribution in [2.24, 2.45) is 0 Å². The Morgan fingerprint density at radius 2 is 2.00 bits per heavy atom. The van der Waals surface area contributed by atoms with Gasteiger partial charge in [-0.3, -0.25) is 9.59 Å². The Kier molecular flexibility index (Phi) is 7.59. The van der Waals surface area contributed by atoms with Crippen LogP contribution in [-0.4, -0.2) is 59.6 Å². The van der Waals surface area contributed by atoms with Gasteiger partial charge in [0.05, 0.1) is 19.3 Å². The van der Waals surface area contributed by atoms with Crippen LogP contribution in [0.15, 0.2) is 30.3 Å². The molecule has 26 heavy (non-hydrogen) atoms. The van der Waals surface area contributed by atoms with E-state index in [1.54, 1.807) is 6.92 Å². The Bertz CT molecular complexity index is 620. The van der Waals surface area contributed by atoms with E-state index in [4.69, 9.17) is 4.74 Å². The molecular formula is C19H26N2O5.